The van der Waals surface area contributed by atoms with Crippen LogP contribution in [0.1, 0.15) is 0 Å². The monoisotopic (exact) mass is 193 g/mol. The van der Waals surface area contributed by atoms with Gasteiger partial charge in [0.15, 0.2) is 0 Å². The number of nitrogens with zero attached hydrogens (tertiary/aromatic N) is 1. The van der Waals surface area contributed by atoms with E-state index in [4.69, 9.17) is 5.11 Å². The maximum atomic E-state index is 9.37. The quantitative estimate of drug-likeness (QED) is 0.299. The van der Waals surface area contributed by atoms with E-state index < -0.39 is 37.2 Å². The van der Waals surface area contributed by atoms with Crippen LogP contribution in [0.3, 0.4) is 0 Å². The third kappa shape index (κ3) is 1.69. The molecule has 5 atom stereocenters. The molecule has 1 unspecified atom stereocenters. The Morgan fingerprint density at radius 2 is 1.54 bits per heavy atom. The molecular formula is C7H15NO5. The molecule has 6 heteroatoms. The third-order valence-electron chi connectivity index (χ3n) is 2.53. The SMILES string of the molecule is CN1C(O)[C@H](O)[C@@H](O)[C@@H](O)[C@H]1CO. The smallest absolute Gasteiger partial charge is 0.136 e. The van der Waals surface area contributed by atoms with Crippen molar-refractivity contribution in [2.45, 2.75) is 30.6 Å². The summed E-state index contributed by atoms with van der Waals surface area (Å²) in [6.45, 7) is -0.390. The van der Waals surface area contributed by atoms with Crippen molar-refractivity contribution in [3.8, 4) is 0 Å². The Balaban J connectivity index is 2.79. The molecule has 1 aliphatic heterocycles. The molecule has 13 heavy (non-hydrogen) atoms. The molecule has 1 fully saturated rings. The van der Waals surface area contributed by atoms with E-state index in [1.807, 2.05) is 0 Å². The van der Waals surface area contributed by atoms with Gasteiger partial charge in [-0.3, -0.25) is 4.90 Å². The second kappa shape index (κ2) is 3.87. The summed E-state index contributed by atoms with van der Waals surface area (Å²) in [6.07, 6.45) is -5.37. The van der Waals surface area contributed by atoms with Crippen LogP contribution in [0.4, 0.5) is 0 Å². The Hall–Kier alpha value is -0.240. The van der Waals surface area contributed by atoms with Gasteiger partial charge in [0, 0.05) is 0 Å². The second-order valence-electron chi connectivity index (χ2n) is 3.30. The highest BCUT2D eigenvalue weighted by molar-refractivity contribution is 4.94. The molecule has 1 rings (SSSR count). The zero-order valence-electron chi connectivity index (χ0n) is 7.28. The van der Waals surface area contributed by atoms with E-state index in [1.54, 1.807) is 0 Å². The van der Waals surface area contributed by atoms with Crippen LogP contribution in [0.2, 0.25) is 0 Å². The van der Waals surface area contributed by atoms with Gasteiger partial charge in [-0.1, -0.05) is 0 Å². The van der Waals surface area contributed by atoms with E-state index in [0.29, 0.717) is 0 Å². The minimum Gasteiger partial charge on any atom is -0.395 e. The number of hydrogen-bond acceptors (Lipinski definition) is 6. The zero-order valence-corrected chi connectivity index (χ0v) is 7.28. The molecule has 0 aromatic heterocycles. The molecule has 0 amide bonds. The average Bonchev–Trinajstić information content (AvgIpc) is 2.13. The van der Waals surface area contributed by atoms with Crippen LogP contribution in [0.25, 0.3) is 0 Å². The molecule has 1 aliphatic rings. The summed E-state index contributed by atoms with van der Waals surface area (Å²) < 4.78 is 0. The van der Waals surface area contributed by atoms with Crippen LogP contribution >= 0.6 is 0 Å². The van der Waals surface area contributed by atoms with Crippen LogP contribution in [0.15, 0.2) is 0 Å². The molecule has 78 valence electrons. The number of hydrogen-bond donors (Lipinski definition) is 5. The summed E-state index contributed by atoms with van der Waals surface area (Å²) in [7, 11) is 1.45. The maximum absolute atomic E-state index is 9.37. The third-order valence-corrected chi connectivity index (χ3v) is 2.53. The van der Waals surface area contributed by atoms with Gasteiger partial charge in [-0.25, -0.2) is 0 Å². The first-order chi connectivity index (χ1) is 6.00. The van der Waals surface area contributed by atoms with Crippen LogP contribution in [0, 0.1) is 0 Å². The van der Waals surface area contributed by atoms with Crippen LogP contribution in [-0.2, 0) is 0 Å². The number of likely N-dealkylation sites (N-methyl/N-ethyl adjacent to an activating group) is 1. The fraction of sp³-hybridized carbons (Fsp3) is 1.00. The van der Waals surface area contributed by atoms with Gasteiger partial charge in [-0.15, -0.1) is 0 Å². The summed E-state index contributed by atoms with van der Waals surface area (Å²) in [6, 6.07) is -0.756. The lowest BCUT2D eigenvalue weighted by Crippen LogP contribution is -2.66. The first-order valence-corrected chi connectivity index (χ1v) is 4.05. The van der Waals surface area contributed by atoms with E-state index >= 15 is 0 Å². The Kier molecular flexibility index (Phi) is 3.23. The highest BCUT2D eigenvalue weighted by atomic mass is 16.4. The van der Waals surface area contributed by atoms with Crippen molar-refractivity contribution in [2.24, 2.45) is 0 Å². The molecule has 5 N–H and O–H groups in total. The fourth-order valence-corrected chi connectivity index (χ4v) is 1.52. The summed E-state index contributed by atoms with van der Waals surface area (Å²) in [5.74, 6) is 0. The molecule has 0 aromatic carbocycles. The fourth-order valence-electron chi connectivity index (χ4n) is 1.52. The molecule has 6 nitrogen and oxygen atoms in total. The molecule has 0 spiro atoms. The van der Waals surface area contributed by atoms with Crippen LogP contribution in [-0.4, -0.2) is 74.7 Å². The molecule has 0 aliphatic carbocycles. The van der Waals surface area contributed by atoms with E-state index in [9.17, 15) is 20.4 Å². The normalized spacial score (nSPS) is 48.0. The van der Waals surface area contributed by atoms with Crippen molar-refractivity contribution < 1.29 is 25.5 Å². The first kappa shape index (κ1) is 10.8. The van der Waals surface area contributed by atoms with Crippen molar-refractivity contribution in [2.75, 3.05) is 13.7 Å². The number of aliphatic hydroxyl groups is 5. The Bertz CT molecular complexity index is 162. The van der Waals surface area contributed by atoms with Crippen molar-refractivity contribution in [3.05, 3.63) is 0 Å². The minimum absolute atomic E-state index is 0.390. The van der Waals surface area contributed by atoms with E-state index in [0.717, 1.165) is 0 Å². The molecule has 0 radical (unpaired) electrons. The molecule has 1 saturated heterocycles. The number of piperidine rings is 1. The van der Waals surface area contributed by atoms with Gasteiger partial charge in [0.2, 0.25) is 0 Å². The maximum Gasteiger partial charge on any atom is 0.136 e. The van der Waals surface area contributed by atoms with Gasteiger partial charge in [-0.2, -0.15) is 0 Å². The lowest BCUT2D eigenvalue weighted by Gasteiger charge is -2.44. The minimum atomic E-state index is -1.43. The Morgan fingerprint density at radius 1 is 1.00 bits per heavy atom. The highest BCUT2D eigenvalue weighted by Gasteiger charge is 2.44. The molecule has 0 aromatic rings. The van der Waals surface area contributed by atoms with Crippen molar-refractivity contribution in [3.63, 3.8) is 0 Å². The summed E-state index contributed by atoms with van der Waals surface area (Å²) in [5, 5.41) is 46.0. The van der Waals surface area contributed by atoms with Gasteiger partial charge >= 0.3 is 0 Å². The van der Waals surface area contributed by atoms with E-state index in [1.165, 1.54) is 11.9 Å². The predicted molar refractivity (Wildman–Crippen MR) is 42.7 cm³/mol. The summed E-state index contributed by atoms with van der Waals surface area (Å²) in [5.41, 5.74) is 0. The van der Waals surface area contributed by atoms with Gasteiger partial charge < -0.3 is 25.5 Å². The molecule has 1 heterocycles. The molecular weight excluding hydrogens is 178 g/mol. The zero-order chi connectivity index (χ0) is 10.2. The van der Waals surface area contributed by atoms with Crippen LogP contribution < -0.4 is 0 Å². The number of aliphatic hydroxyl groups excluding tert-OH is 5. The number of likely N-dealkylation sites (tertiary alicyclic amines) is 1. The first-order valence-electron chi connectivity index (χ1n) is 4.05. The lowest BCUT2D eigenvalue weighted by molar-refractivity contribution is -0.215. The topological polar surface area (TPSA) is 104 Å². The standard InChI is InChI=1S/C7H15NO5/c1-8-3(2-9)4(10)5(11)6(12)7(8)13/h3-7,9-13H,2H2,1H3/t3-,4+,5+,6-,7?/m1/s1. The van der Waals surface area contributed by atoms with Crippen LogP contribution in [0.5, 0.6) is 0 Å². The largest absolute Gasteiger partial charge is 0.395 e. The molecule has 0 saturated carbocycles. The second-order valence-corrected chi connectivity index (χ2v) is 3.30. The number of rotatable bonds is 1. The summed E-state index contributed by atoms with van der Waals surface area (Å²) in [4.78, 5) is 1.22. The Labute approximate surface area is 75.7 Å². The predicted octanol–water partition coefficient (Wildman–Crippen LogP) is -3.31. The van der Waals surface area contributed by atoms with Gasteiger partial charge in [0.05, 0.1) is 12.6 Å². The van der Waals surface area contributed by atoms with Gasteiger partial charge in [0.25, 0.3) is 0 Å². The van der Waals surface area contributed by atoms with E-state index in [2.05, 4.69) is 0 Å². The summed E-state index contributed by atoms with van der Waals surface area (Å²) >= 11 is 0. The van der Waals surface area contributed by atoms with Crippen molar-refractivity contribution in [1.29, 1.82) is 0 Å². The van der Waals surface area contributed by atoms with Crippen molar-refractivity contribution >= 4 is 0 Å². The van der Waals surface area contributed by atoms with Gasteiger partial charge in [0.1, 0.15) is 24.5 Å². The van der Waals surface area contributed by atoms with E-state index in [-0.39, 0.29) is 0 Å². The average molecular weight is 193 g/mol. The van der Waals surface area contributed by atoms with Crippen molar-refractivity contribution in [1.82, 2.24) is 4.90 Å². The van der Waals surface area contributed by atoms with Gasteiger partial charge in [-0.05, 0) is 7.05 Å². The lowest BCUT2D eigenvalue weighted by atomic mass is 9.93. The molecule has 0 bridgehead atoms. The highest BCUT2D eigenvalue weighted by Crippen LogP contribution is 2.21. The Morgan fingerprint density at radius 3 is 2.00 bits per heavy atom.